The summed E-state index contributed by atoms with van der Waals surface area (Å²) >= 11 is 0. The topological polar surface area (TPSA) is 72.3 Å². The van der Waals surface area contributed by atoms with Crippen LogP contribution in [0.25, 0.3) is 0 Å². The molecule has 0 aromatic heterocycles. The van der Waals surface area contributed by atoms with Gasteiger partial charge in [0, 0.05) is 19.5 Å². The largest absolute Gasteiger partial charge is 0.394 e. The smallest absolute Gasteiger partial charge is 0.370 e. The predicted octanol–water partition coefficient (Wildman–Crippen LogP) is 0.711. The summed E-state index contributed by atoms with van der Waals surface area (Å²) in [5, 5.41) is 0. The Hall–Kier alpha value is -0.820. The molecule has 1 amide bonds. The summed E-state index contributed by atoms with van der Waals surface area (Å²) in [4.78, 5) is 12.5. The summed E-state index contributed by atoms with van der Waals surface area (Å²) in [5.74, 6) is -1.60. The van der Waals surface area contributed by atoms with Crippen LogP contribution in [0.15, 0.2) is 0 Å². The molecule has 0 spiro atoms. The molecule has 1 aliphatic rings. The lowest BCUT2D eigenvalue weighted by atomic mass is 9.92. The highest BCUT2D eigenvalue weighted by Gasteiger charge is 2.39. The van der Waals surface area contributed by atoms with Crippen molar-refractivity contribution in [3.05, 3.63) is 0 Å². The lowest BCUT2D eigenvalue weighted by molar-refractivity contribution is -0.176. The maximum Gasteiger partial charge on any atom is 0.394 e. The van der Waals surface area contributed by atoms with Crippen LogP contribution in [0.5, 0.6) is 0 Å². The van der Waals surface area contributed by atoms with Gasteiger partial charge in [0.1, 0.15) is 0 Å². The van der Waals surface area contributed by atoms with Gasteiger partial charge in [0.05, 0.1) is 5.92 Å². The lowest BCUT2D eigenvalue weighted by Crippen LogP contribution is -2.44. The monoisotopic (exact) mass is 267 g/mol. The molecule has 1 atom stereocenters. The molecule has 4 N–H and O–H groups in total. The van der Waals surface area contributed by atoms with Gasteiger partial charge in [0.2, 0.25) is 5.91 Å². The Morgan fingerprint density at radius 2 is 1.89 bits per heavy atom. The molecule has 0 aromatic carbocycles. The van der Waals surface area contributed by atoms with Gasteiger partial charge in [-0.1, -0.05) is 0 Å². The van der Waals surface area contributed by atoms with Crippen molar-refractivity contribution >= 4 is 5.91 Å². The number of carbonyl (C=O) groups excluding carboxylic acids is 1. The Morgan fingerprint density at radius 3 is 2.28 bits per heavy atom. The standard InChI is InChI=1S/C11H20F3N3O/c12-11(13,14)9(6-15)7-17-3-1-8(2-4-17)5-10(16)18/h8-9H,1-7,15H2,(H2,16,18). The number of amides is 1. The fourth-order valence-corrected chi connectivity index (χ4v) is 2.28. The molecule has 1 rings (SSSR count). The van der Waals surface area contributed by atoms with E-state index in [4.69, 9.17) is 11.5 Å². The van der Waals surface area contributed by atoms with Crippen LogP contribution < -0.4 is 11.5 Å². The second kappa shape index (κ2) is 6.38. The van der Waals surface area contributed by atoms with Crippen molar-refractivity contribution in [2.45, 2.75) is 25.4 Å². The molecular weight excluding hydrogens is 247 g/mol. The van der Waals surface area contributed by atoms with E-state index in [0.717, 1.165) is 12.8 Å². The SMILES string of the molecule is NCC(CN1CCC(CC(N)=O)CC1)C(F)(F)F. The van der Waals surface area contributed by atoms with E-state index in [2.05, 4.69) is 0 Å². The summed E-state index contributed by atoms with van der Waals surface area (Å²) in [6.07, 6.45) is -2.47. The molecule has 106 valence electrons. The van der Waals surface area contributed by atoms with Crippen molar-refractivity contribution in [1.82, 2.24) is 4.90 Å². The number of nitrogens with two attached hydrogens (primary N) is 2. The molecule has 0 aliphatic carbocycles. The van der Waals surface area contributed by atoms with Crippen LogP contribution in [0.1, 0.15) is 19.3 Å². The molecular formula is C11H20F3N3O. The fraction of sp³-hybridized carbons (Fsp3) is 0.909. The number of hydrogen-bond donors (Lipinski definition) is 2. The van der Waals surface area contributed by atoms with Gasteiger partial charge in [0.15, 0.2) is 0 Å². The molecule has 1 unspecified atom stereocenters. The highest BCUT2D eigenvalue weighted by Crippen LogP contribution is 2.28. The molecule has 0 radical (unpaired) electrons. The Balaban J connectivity index is 2.37. The van der Waals surface area contributed by atoms with Crippen molar-refractivity contribution in [3.63, 3.8) is 0 Å². The second-order valence-corrected chi connectivity index (χ2v) is 4.89. The number of halogens is 3. The molecule has 18 heavy (non-hydrogen) atoms. The minimum atomic E-state index is -4.24. The number of primary amides is 1. The first kappa shape index (κ1) is 15.2. The zero-order valence-electron chi connectivity index (χ0n) is 10.2. The third-order valence-electron chi connectivity index (χ3n) is 3.42. The first-order valence-corrected chi connectivity index (χ1v) is 6.10. The van der Waals surface area contributed by atoms with Gasteiger partial charge in [-0.05, 0) is 31.8 Å². The zero-order chi connectivity index (χ0) is 13.8. The highest BCUT2D eigenvalue weighted by atomic mass is 19.4. The van der Waals surface area contributed by atoms with Crippen LogP contribution in [0, 0.1) is 11.8 Å². The van der Waals surface area contributed by atoms with Crippen LogP contribution in [-0.2, 0) is 4.79 Å². The summed E-state index contributed by atoms with van der Waals surface area (Å²) in [7, 11) is 0. The van der Waals surface area contributed by atoms with Crippen LogP contribution in [0.2, 0.25) is 0 Å². The molecule has 1 saturated heterocycles. The van der Waals surface area contributed by atoms with Crippen LogP contribution in [0.3, 0.4) is 0 Å². The normalized spacial score (nSPS) is 20.9. The van der Waals surface area contributed by atoms with Gasteiger partial charge < -0.3 is 16.4 Å². The quantitative estimate of drug-likeness (QED) is 0.770. The number of alkyl halides is 3. The minimum absolute atomic E-state index is 0.0523. The average molecular weight is 267 g/mol. The van der Waals surface area contributed by atoms with E-state index in [1.54, 1.807) is 4.90 Å². The van der Waals surface area contributed by atoms with E-state index in [1.165, 1.54) is 0 Å². The Morgan fingerprint density at radius 1 is 1.33 bits per heavy atom. The Bertz CT molecular complexity index is 275. The molecule has 1 heterocycles. The zero-order valence-corrected chi connectivity index (χ0v) is 10.2. The molecule has 0 saturated carbocycles. The molecule has 1 aliphatic heterocycles. The van der Waals surface area contributed by atoms with E-state index in [1.807, 2.05) is 0 Å². The van der Waals surface area contributed by atoms with Gasteiger partial charge in [-0.2, -0.15) is 13.2 Å². The number of hydrogen-bond acceptors (Lipinski definition) is 3. The third kappa shape index (κ3) is 4.81. The van der Waals surface area contributed by atoms with E-state index < -0.39 is 12.1 Å². The minimum Gasteiger partial charge on any atom is -0.370 e. The maximum absolute atomic E-state index is 12.6. The van der Waals surface area contributed by atoms with E-state index in [-0.39, 0.29) is 24.9 Å². The number of rotatable bonds is 5. The molecule has 1 fully saturated rings. The van der Waals surface area contributed by atoms with Crippen molar-refractivity contribution in [2.75, 3.05) is 26.2 Å². The fourth-order valence-electron chi connectivity index (χ4n) is 2.28. The predicted molar refractivity (Wildman–Crippen MR) is 61.6 cm³/mol. The summed E-state index contributed by atoms with van der Waals surface area (Å²) in [5.41, 5.74) is 10.3. The summed E-state index contributed by atoms with van der Waals surface area (Å²) in [6.45, 7) is 0.711. The van der Waals surface area contributed by atoms with Crippen molar-refractivity contribution in [2.24, 2.45) is 23.3 Å². The average Bonchev–Trinajstić information content (AvgIpc) is 2.25. The van der Waals surface area contributed by atoms with Gasteiger partial charge >= 0.3 is 6.18 Å². The van der Waals surface area contributed by atoms with Crippen molar-refractivity contribution < 1.29 is 18.0 Å². The van der Waals surface area contributed by atoms with Gasteiger partial charge in [0.25, 0.3) is 0 Å². The maximum atomic E-state index is 12.6. The Labute approximate surface area is 104 Å². The second-order valence-electron chi connectivity index (χ2n) is 4.89. The number of nitrogens with zero attached hydrogens (tertiary/aromatic N) is 1. The van der Waals surface area contributed by atoms with Gasteiger partial charge in [-0.25, -0.2) is 0 Å². The van der Waals surface area contributed by atoms with E-state index in [0.29, 0.717) is 19.5 Å². The van der Waals surface area contributed by atoms with Crippen molar-refractivity contribution in [1.29, 1.82) is 0 Å². The number of piperidine rings is 1. The number of likely N-dealkylation sites (tertiary alicyclic amines) is 1. The summed E-state index contributed by atoms with van der Waals surface area (Å²) < 4.78 is 37.7. The van der Waals surface area contributed by atoms with E-state index >= 15 is 0 Å². The first-order valence-electron chi connectivity index (χ1n) is 6.10. The van der Waals surface area contributed by atoms with Crippen LogP contribution >= 0.6 is 0 Å². The molecule has 0 aromatic rings. The highest BCUT2D eigenvalue weighted by molar-refractivity contribution is 5.73. The van der Waals surface area contributed by atoms with Gasteiger partial charge in [-0.15, -0.1) is 0 Å². The molecule has 0 bridgehead atoms. The van der Waals surface area contributed by atoms with E-state index in [9.17, 15) is 18.0 Å². The molecule has 4 nitrogen and oxygen atoms in total. The van der Waals surface area contributed by atoms with Crippen LogP contribution in [0.4, 0.5) is 13.2 Å². The van der Waals surface area contributed by atoms with Gasteiger partial charge in [-0.3, -0.25) is 4.79 Å². The first-order chi connectivity index (χ1) is 8.32. The third-order valence-corrected chi connectivity index (χ3v) is 3.42. The van der Waals surface area contributed by atoms with Crippen molar-refractivity contribution in [3.8, 4) is 0 Å². The molecule has 7 heteroatoms. The Kier molecular flexibility index (Phi) is 5.40. The number of carbonyl (C=O) groups is 1. The lowest BCUT2D eigenvalue weighted by Gasteiger charge is -2.34. The summed E-state index contributed by atoms with van der Waals surface area (Å²) in [6, 6.07) is 0. The van der Waals surface area contributed by atoms with Crippen LogP contribution in [-0.4, -0.2) is 43.2 Å².